The van der Waals surface area contributed by atoms with Gasteiger partial charge < -0.3 is 10.1 Å². The Balaban J connectivity index is 1.58. The predicted molar refractivity (Wildman–Crippen MR) is 129 cm³/mol. The third kappa shape index (κ3) is 6.71. The molecule has 1 aliphatic rings. The van der Waals surface area contributed by atoms with E-state index in [0.717, 1.165) is 31.2 Å². The molecule has 0 heterocycles. The van der Waals surface area contributed by atoms with Gasteiger partial charge in [-0.3, -0.25) is 9.59 Å². The predicted octanol–water partition coefficient (Wildman–Crippen LogP) is 5.82. The van der Waals surface area contributed by atoms with Gasteiger partial charge in [0.2, 0.25) is 5.91 Å². The van der Waals surface area contributed by atoms with E-state index in [0.29, 0.717) is 27.2 Å². The summed E-state index contributed by atoms with van der Waals surface area (Å²) in [4.78, 5) is 24.9. The van der Waals surface area contributed by atoms with Crippen molar-refractivity contribution in [1.29, 1.82) is 0 Å². The molecule has 0 aliphatic heterocycles. The van der Waals surface area contributed by atoms with Gasteiger partial charge in [0.05, 0.1) is 10.7 Å². The summed E-state index contributed by atoms with van der Waals surface area (Å²) in [5.74, 6) is 0.0895. The highest BCUT2D eigenvalue weighted by molar-refractivity contribution is 6.35. The Labute approximate surface area is 198 Å². The van der Waals surface area contributed by atoms with E-state index in [4.69, 9.17) is 27.9 Å². The molecule has 0 spiro atoms. The zero-order valence-corrected chi connectivity index (χ0v) is 19.7. The lowest BCUT2D eigenvalue weighted by molar-refractivity contribution is -0.127. The molecule has 1 unspecified atom stereocenters. The Hall–Kier alpha value is -2.57. The quantitative estimate of drug-likeness (QED) is 0.390. The normalized spacial score (nSPS) is 15.7. The fourth-order valence-electron chi connectivity index (χ4n) is 3.54. The number of amides is 2. The Morgan fingerprint density at radius 2 is 1.84 bits per heavy atom. The number of hydrogen-bond donors (Lipinski definition) is 2. The van der Waals surface area contributed by atoms with Crippen LogP contribution in [0.1, 0.15) is 51.5 Å². The van der Waals surface area contributed by atoms with E-state index in [9.17, 15) is 9.59 Å². The molecule has 2 aromatic carbocycles. The molecule has 8 heteroatoms. The van der Waals surface area contributed by atoms with E-state index in [1.165, 1.54) is 6.42 Å². The van der Waals surface area contributed by atoms with Crippen LogP contribution < -0.4 is 15.5 Å². The summed E-state index contributed by atoms with van der Waals surface area (Å²) in [7, 11) is 0. The molecule has 1 atom stereocenters. The van der Waals surface area contributed by atoms with Crippen LogP contribution in [0.15, 0.2) is 47.6 Å². The summed E-state index contributed by atoms with van der Waals surface area (Å²) in [5, 5.41) is 7.98. The smallest absolute Gasteiger partial charge is 0.280 e. The molecule has 1 aliphatic carbocycles. The molecule has 0 saturated heterocycles. The first-order chi connectivity index (χ1) is 15.3. The number of benzene rings is 2. The van der Waals surface area contributed by atoms with Gasteiger partial charge in [-0.15, -0.1) is 0 Å². The fourth-order valence-corrected chi connectivity index (χ4v) is 3.99. The average molecular weight is 476 g/mol. The number of carbonyl (C=O) groups excluding carboxylic acids is 2. The third-order valence-electron chi connectivity index (χ3n) is 5.42. The van der Waals surface area contributed by atoms with E-state index in [1.807, 2.05) is 24.3 Å². The first-order valence-electron chi connectivity index (χ1n) is 10.7. The molecular weight excluding hydrogens is 449 g/mol. The lowest BCUT2D eigenvalue weighted by Gasteiger charge is -2.20. The lowest BCUT2D eigenvalue weighted by atomic mass is 9.88. The first-order valence-corrected chi connectivity index (χ1v) is 11.5. The van der Waals surface area contributed by atoms with Crippen molar-refractivity contribution in [2.75, 3.05) is 5.32 Å². The molecule has 1 saturated carbocycles. The second-order valence-corrected chi connectivity index (χ2v) is 8.76. The average Bonchev–Trinajstić information content (AvgIpc) is 2.79. The van der Waals surface area contributed by atoms with Crippen LogP contribution >= 0.6 is 23.2 Å². The van der Waals surface area contributed by atoms with Crippen molar-refractivity contribution in [3.05, 3.63) is 58.1 Å². The van der Waals surface area contributed by atoms with Crippen LogP contribution in [0.4, 0.5) is 5.69 Å². The SMILES string of the molecule is CC(=NNC(=O)C(C)Oc1ccc(Cl)cc1Cl)c1cccc(NC(=O)C2CCCCC2)c1. The third-order valence-corrected chi connectivity index (χ3v) is 5.96. The Bertz CT molecular complexity index is 1000. The Morgan fingerprint density at radius 3 is 2.56 bits per heavy atom. The minimum absolute atomic E-state index is 0.0663. The van der Waals surface area contributed by atoms with Gasteiger partial charge in [-0.25, -0.2) is 5.43 Å². The van der Waals surface area contributed by atoms with Gasteiger partial charge in [0.15, 0.2) is 6.10 Å². The highest BCUT2D eigenvalue weighted by Crippen LogP contribution is 2.28. The van der Waals surface area contributed by atoms with Gasteiger partial charge in [-0.1, -0.05) is 54.6 Å². The fraction of sp³-hybridized carbons (Fsp3) is 0.375. The van der Waals surface area contributed by atoms with Gasteiger partial charge >= 0.3 is 0 Å². The topological polar surface area (TPSA) is 79.8 Å². The first kappa shape index (κ1) is 24.1. The van der Waals surface area contributed by atoms with Crippen LogP contribution in [0, 0.1) is 5.92 Å². The monoisotopic (exact) mass is 475 g/mol. The lowest BCUT2D eigenvalue weighted by Crippen LogP contribution is -2.34. The second-order valence-electron chi connectivity index (χ2n) is 7.91. The van der Waals surface area contributed by atoms with Crippen molar-refractivity contribution >= 4 is 46.4 Å². The standard InChI is InChI=1S/C24H27Cl2N3O3/c1-15(28-29-23(30)16(2)32-22-12-11-19(25)14-21(22)26)18-9-6-10-20(13-18)27-24(31)17-7-4-3-5-8-17/h6,9-14,16-17H,3-5,7-8H2,1-2H3,(H,27,31)(H,29,30). The Morgan fingerprint density at radius 1 is 1.09 bits per heavy atom. The van der Waals surface area contributed by atoms with Crippen molar-refractivity contribution in [3.63, 3.8) is 0 Å². The van der Waals surface area contributed by atoms with Gasteiger partial charge in [0.25, 0.3) is 5.91 Å². The summed E-state index contributed by atoms with van der Waals surface area (Å²) >= 11 is 12.0. The maximum Gasteiger partial charge on any atom is 0.280 e. The van der Waals surface area contributed by atoms with E-state index in [2.05, 4.69) is 15.8 Å². The number of nitrogens with one attached hydrogen (secondary N) is 2. The van der Waals surface area contributed by atoms with Crippen LogP contribution in [-0.2, 0) is 9.59 Å². The van der Waals surface area contributed by atoms with Crippen LogP contribution in [0.3, 0.4) is 0 Å². The number of nitrogens with zero attached hydrogens (tertiary/aromatic N) is 1. The van der Waals surface area contributed by atoms with E-state index in [-0.39, 0.29) is 11.8 Å². The highest BCUT2D eigenvalue weighted by atomic mass is 35.5. The number of carbonyl (C=O) groups is 2. The minimum atomic E-state index is -0.814. The summed E-state index contributed by atoms with van der Waals surface area (Å²) in [5.41, 5.74) is 4.62. The Kier molecular flexibility index (Phi) is 8.53. The molecular formula is C24H27Cl2N3O3. The van der Waals surface area contributed by atoms with Crippen LogP contribution in [0.2, 0.25) is 10.0 Å². The number of ether oxygens (including phenoxy) is 1. The maximum absolute atomic E-state index is 12.5. The maximum atomic E-state index is 12.5. The molecule has 0 radical (unpaired) electrons. The van der Waals surface area contributed by atoms with Crippen molar-refractivity contribution in [2.45, 2.75) is 52.1 Å². The minimum Gasteiger partial charge on any atom is -0.479 e. The number of hydrazone groups is 1. The van der Waals surface area contributed by atoms with Crippen LogP contribution in [-0.4, -0.2) is 23.6 Å². The van der Waals surface area contributed by atoms with Gasteiger partial charge in [-0.2, -0.15) is 5.10 Å². The molecule has 6 nitrogen and oxygen atoms in total. The number of halogens is 2. The summed E-state index contributed by atoms with van der Waals surface area (Å²) in [6.07, 6.45) is 4.49. The summed E-state index contributed by atoms with van der Waals surface area (Å²) < 4.78 is 5.60. The van der Waals surface area contributed by atoms with Crippen LogP contribution in [0.25, 0.3) is 0 Å². The largest absolute Gasteiger partial charge is 0.479 e. The molecule has 1 fully saturated rings. The molecule has 32 heavy (non-hydrogen) atoms. The molecule has 2 amide bonds. The number of hydrogen-bond acceptors (Lipinski definition) is 4. The molecule has 0 aromatic heterocycles. The van der Waals surface area contributed by atoms with Crippen molar-refractivity contribution < 1.29 is 14.3 Å². The van der Waals surface area contributed by atoms with E-state index in [1.54, 1.807) is 32.0 Å². The van der Waals surface area contributed by atoms with Gasteiger partial charge in [-0.05, 0) is 62.6 Å². The van der Waals surface area contributed by atoms with Crippen molar-refractivity contribution in [3.8, 4) is 5.75 Å². The molecule has 2 aromatic rings. The molecule has 0 bridgehead atoms. The summed E-state index contributed by atoms with van der Waals surface area (Å²) in [6, 6.07) is 12.2. The van der Waals surface area contributed by atoms with Crippen LogP contribution in [0.5, 0.6) is 5.75 Å². The zero-order valence-electron chi connectivity index (χ0n) is 18.2. The van der Waals surface area contributed by atoms with E-state index < -0.39 is 12.0 Å². The second kappa shape index (κ2) is 11.3. The highest BCUT2D eigenvalue weighted by Gasteiger charge is 2.21. The number of anilines is 1. The van der Waals surface area contributed by atoms with Gasteiger partial charge in [0, 0.05) is 16.6 Å². The van der Waals surface area contributed by atoms with Crippen molar-refractivity contribution in [1.82, 2.24) is 5.43 Å². The zero-order chi connectivity index (χ0) is 23.1. The molecule has 170 valence electrons. The van der Waals surface area contributed by atoms with Crippen molar-refractivity contribution in [2.24, 2.45) is 11.0 Å². The molecule has 3 rings (SSSR count). The van der Waals surface area contributed by atoms with E-state index >= 15 is 0 Å². The number of rotatable bonds is 7. The van der Waals surface area contributed by atoms with Gasteiger partial charge in [0.1, 0.15) is 5.75 Å². The summed E-state index contributed by atoms with van der Waals surface area (Å²) in [6.45, 7) is 3.39. The molecule has 2 N–H and O–H groups in total.